The molecule has 2 rings (SSSR count). The predicted octanol–water partition coefficient (Wildman–Crippen LogP) is 3.71. The van der Waals surface area contributed by atoms with Crippen molar-refractivity contribution in [2.75, 3.05) is 5.32 Å². The van der Waals surface area contributed by atoms with E-state index in [9.17, 15) is 5.11 Å². The molecule has 1 unspecified atom stereocenters. The highest BCUT2D eigenvalue weighted by Crippen LogP contribution is 2.23. The zero-order valence-electron chi connectivity index (χ0n) is 9.48. The lowest BCUT2D eigenvalue weighted by atomic mass is 10.1. The third-order valence-corrected chi connectivity index (χ3v) is 2.92. The highest BCUT2D eigenvalue weighted by Gasteiger charge is 2.07. The van der Waals surface area contributed by atoms with Crippen LogP contribution in [0.15, 0.2) is 45.5 Å². The van der Waals surface area contributed by atoms with E-state index in [1.54, 1.807) is 6.92 Å². The van der Waals surface area contributed by atoms with Crippen molar-refractivity contribution in [3.8, 4) is 0 Å². The van der Waals surface area contributed by atoms with Gasteiger partial charge in [0.25, 0.3) is 0 Å². The molecule has 17 heavy (non-hydrogen) atoms. The molecule has 0 bridgehead atoms. The van der Waals surface area contributed by atoms with Crippen LogP contribution >= 0.6 is 15.9 Å². The van der Waals surface area contributed by atoms with Gasteiger partial charge in [0, 0.05) is 11.3 Å². The molecule has 2 N–H and O–H groups in total. The third kappa shape index (κ3) is 3.11. The van der Waals surface area contributed by atoms with Gasteiger partial charge in [0.1, 0.15) is 5.76 Å². The van der Waals surface area contributed by atoms with Crippen LogP contribution in [0.5, 0.6) is 0 Å². The molecule has 0 spiro atoms. The monoisotopic (exact) mass is 295 g/mol. The van der Waals surface area contributed by atoms with Gasteiger partial charge in [-0.2, -0.15) is 0 Å². The number of hydrogen-bond donors (Lipinski definition) is 2. The first-order valence-electron chi connectivity index (χ1n) is 5.42. The number of aliphatic hydroxyl groups excluding tert-OH is 1. The van der Waals surface area contributed by atoms with Crippen molar-refractivity contribution in [3.63, 3.8) is 0 Å². The zero-order valence-corrected chi connectivity index (χ0v) is 11.1. The predicted molar refractivity (Wildman–Crippen MR) is 70.8 cm³/mol. The van der Waals surface area contributed by atoms with E-state index in [2.05, 4.69) is 21.2 Å². The maximum atomic E-state index is 9.63. The maximum Gasteiger partial charge on any atom is 0.169 e. The maximum absolute atomic E-state index is 9.63. The third-order valence-electron chi connectivity index (χ3n) is 2.49. The molecule has 0 saturated heterocycles. The molecule has 0 amide bonds. The number of aliphatic hydroxyl groups is 1. The number of rotatable bonds is 4. The molecule has 0 radical (unpaired) electrons. The van der Waals surface area contributed by atoms with Crippen molar-refractivity contribution in [2.45, 2.75) is 19.6 Å². The van der Waals surface area contributed by atoms with Gasteiger partial charge in [0.05, 0.1) is 12.6 Å². The molecule has 1 aromatic heterocycles. The van der Waals surface area contributed by atoms with Gasteiger partial charge in [-0.25, -0.2) is 0 Å². The largest absolute Gasteiger partial charge is 0.452 e. The summed E-state index contributed by atoms with van der Waals surface area (Å²) in [5.41, 5.74) is 1.81. The summed E-state index contributed by atoms with van der Waals surface area (Å²) in [5.74, 6) is 0.845. The van der Waals surface area contributed by atoms with Gasteiger partial charge in [-0.05, 0) is 41.1 Å². The van der Waals surface area contributed by atoms with E-state index in [0.29, 0.717) is 6.54 Å². The molecule has 0 aliphatic heterocycles. The summed E-state index contributed by atoms with van der Waals surface area (Å²) in [6.45, 7) is 2.35. The SMILES string of the molecule is CC(O)c1ccccc1NCc1ccc(Br)o1. The molecule has 2 aromatic rings. The smallest absolute Gasteiger partial charge is 0.169 e. The van der Waals surface area contributed by atoms with Crippen LogP contribution in [0.1, 0.15) is 24.4 Å². The summed E-state index contributed by atoms with van der Waals surface area (Å²) >= 11 is 3.26. The second kappa shape index (κ2) is 5.38. The second-order valence-corrected chi connectivity index (χ2v) is 4.60. The summed E-state index contributed by atoms with van der Waals surface area (Å²) in [6.07, 6.45) is -0.484. The molecule has 0 saturated carbocycles. The summed E-state index contributed by atoms with van der Waals surface area (Å²) in [6, 6.07) is 11.5. The Kier molecular flexibility index (Phi) is 3.86. The van der Waals surface area contributed by atoms with E-state index in [1.807, 2.05) is 36.4 Å². The topological polar surface area (TPSA) is 45.4 Å². The first-order valence-corrected chi connectivity index (χ1v) is 6.21. The van der Waals surface area contributed by atoms with Crippen LogP contribution in [0, 0.1) is 0 Å². The second-order valence-electron chi connectivity index (χ2n) is 3.82. The number of hydrogen-bond acceptors (Lipinski definition) is 3. The lowest BCUT2D eigenvalue weighted by molar-refractivity contribution is 0.200. The van der Waals surface area contributed by atoms with Gasteiger partial charge in [0.2, 0.25) is 0 Å². The van der Waals surface area contributed by atoms with Crippen molar-refractivity contribution >= 4 is 21.6 Å². The van der Waals surface area contributed by atoms with E-state index >= 15 is 0 Å². The highest BCUT2D eigenvalue weighted by atomic mass is 79.9. The van der Waals surface area contributed by atoms with Crippen LogP contribution < -0.4 is 5.32 Å². The lowest BCUT2D eigenvalue weighted by Gasteiger charge is -2.12. The molecule has 4 heteroatoms. The van der Waals surface area contributed by atoms with Crippen LogP contribution in [0.4, 0.5) is 5.69 Å². The van der Waals surface area contributed by atoms with E-state index in [4.69, 9.17) is 4.42 Å². The Bertz CT molecular complexity index is 494. The van der Waals surface area contributed by atoms with E-state index in [1.165, 1.54) is 0 Å². The van der Waals surface area contributed by atoms with Crippen LogP contribution in [0.3, 0.4) is 0 Å². The Labute approximate surface area is 109 Å². The van der Waals surface area contributed by atoms with Crippen LogP contribution in [-0.4, -0.2) is 5.11 Å². The number of furan rings is 1. The van der Waals surface area contributed by atoms with Crippen molar-refractivity contribution in [1.82, 2.24) is 0 Å². The molecule has 0 aliphatic rings. The van der Waals surface area contributed by atoms with E-state index in [-0.39, 0.29) is 0 Å². The summed E-state index contributed by atoms with van der Waals surface area (Å²) in [7, 11) is 0. The molecule has 1 heterocycles. The fraction of sp³-hybridized carbons (Fsp3) is 0.231. The number of para-hydroxylation sites is 1. The Morgan fingerprint density at radius 1 is 1.29 bits per heavy atom. The van der Waals surface area contributed by atoms with Crippen molar-refractivity contribution in [3.05, 3.63) is 52.4 Å². The standard InChI is InChI=1S/C13H14BrNO2/c1-9(16)11-4-2-3-5-12(11)15-8-10-6-7-13(14)17-10/h2-7,9,15-16H,8H2,1H3. The number of benzene rings is 1. The summed E-state index contributed by atoms with van der Waals surface area (Å²) < 4.78 is 6.12. The Morgan fingerprint density at radius 2 is 2.06 bits per heavy atom. The Morgan fingerprint density at radius 3 is 2.71 bits per heavy atom. The minimum Gasteiger partial charge on any atom is -0.452 e. The van der Waals surface area contributed by atoms with Crippen LogP contribution in [0.25, 0.3) is 0 Å². The van der Waals surface area contributed by atoms with Crippen molar-refractivity contribution in [1.29, 1.82) is 0 Å². The Balaban J connectivity index is 2.08. The fourth-order valence-corrected chi connectivity index (χ4v) is 1.99. The molecule has 1 atom stereocenters. The van der Waals surface area contributed by atoms with Gasteiger partial charge in [-0.15, -0.1) is 0 Å². The fourth-order valence-electron chi connectivity index (χ4n) is 1.65. The normalized spacial score (nSPS) is 12.4. The first kappa shape index (κ1) is 12.2. The zero-order chi connectivity index (χ0) is 12.3. The molecule has 0 aliphatic carbocycles. The van der Waals surface area contributed by atoms with Gasteiger partial charge in [-0.3, -0.25) is 0 Å². The molecule has 0 fully saturated rings. The molecule has 3 nitrogen and oxygen atoms in total. The van der Waals surface area contributed by atoms with E-state index in [0.717, 1.165) is 21.7 Å². The average molecular weight is 296 g/mol. The lowest BCUT2D eigenvalue weighted by Crippen LogP contribution is -2.03. The van der Waals surface area contributed by atoms with Crippen molar-refractivity contribution < 1.29 is 9.52 Å². The highest BCUT2D eigenvalue weighted by molar-refractivity contribution is 9.10. The van der Waals surface area contributed by atoms with Crippen LogP contribution in [-0.2, 0) is 6.54 Å². The van der Waals surface area contributed by atoms with Crippen LogP contribution in [0.2, 0.25) is 0 Å². The minimum atomic E-state index is -0.484. The van der Waals surface area contributed by atoms with Crippen molar-refractivity contribution in [2.24, 2.45) is 0 Å². The molecule has 90 valence electrons. The number of anilines is 1. The Hall–Kier alpha value is -1.26. The first-order chi connectivity index (χ1) is 8.16. The molecule has 1 aromatic carbocycles. The van der Waals surface area contributed by atoms with Gasteiger partial charge < -0.3 is 14.8 Å². The van der Waals surface area contributed by atoms with Gasteiger partial charge >= 0.3 is 0 Å². The average Bonchev–Trinajstić information content (AvgIpc) is 2.73. The van der Waals surface area contributed by atoms with Gasteiger partial charge in [0.15, 0.2) is 4.67 Å². The molecular formula is C13H14BrNO2. The number of nitrogens with one attached hydrogen (secondary N) is 1. The van der Waals surface area contributed by atoms with Gasteiger partial charge in [-0.1, -0.05) is 18.2 Å². The summed E-state index contributed by atoms with van der Waals surface area (Å²) in [5, 5.41) is 12.9. The quantitative estimate of drug-likeness (QED) is 0.904. The number of halogens is 1. The molecular weight excluding hydrogens is 282 g/mol. The summed E-state index contributed by atoms with van der Waals surface area (Å²) in [4.78, 5) is 0. The van der Waals surface area contributed by atoms with E-state index < -0.39 is 6.10 Å². The minimum absolute atomic E-state index is 0.484.